The minimum atomic E-state index is -3.59. The molecule has 0 bridgehead atoms. The molecule has 21 heavy (non-hydrogen) atoms. The van der Waals surface area contributed by atoms with Crippen LogP contribution in [0.3, 0.4) is 0 Å². The largest absolute Gasteiger partial charge is 0.491 e. The summed E-state index contributed by atoms with van der Waals surface area (Å²) in [5.74, 6) is 0.761. The first-order valence-corrected chi connectivity index (χ1v) is 8.15. The number of nitrogens with zero attached hydrogens (tertiary/aromatic N) is 1. The van der Waals surface area contributed by atoms with Gasteiger partial charge in [0.1, 0.15) is 5.75 Å². The molecule has 114 valence electrons. The van der Waals surface area contributed by atoms with Crippen LogP contribution in [0, 0.1) is 0 Å². The van der Waals surface area contributed by atoms with E-state index < -0.39 is 10.0 Å². The first kappa shape index (κ1) is 15.5. The van der Waals surface area contributed by atoms with E-state index in [1.165, 1.54) is 12.3 Å². The molecule has 0 aliphatic heterocycles. The second-order valence-corrected chi connectivity index (χ2v) is 6.68. The third kappa shape index (κ3) is 4.05. The third-order valence-electron chi connectivity index (χ3n) is 2.85. The zero-order chi connectivity index (χ0) is 15.5. The maximum atomic E-state index is 12.1. The summed E-state index contributed by atoms with van der Waals surface area (Å²) in [6.07, 6.45) is 1.50. The summed E-state index contributed by atoms with van der Waals surface area (Å²) < 4.78 is 32.3. The predicted molar refractivity (Wildman–Crippen MR) is 79.5 cm³/mol. The van der Waals surface area contributed by atoms with Crippen LogP contribution < -0.4 is 9.46 Å². The summed E-state index contributed by atoms with van der Waals surface area (Å²) in [7, 11) is -3.59. The van der Waals surface area contributed by atoms with Gasteiger partial charge in [-0.25, -0.2) is 13.1 Å². The van der Waals surface area contributed by atoms with Crippen molar-refractivity contribution in [1.29, 1.82) is 0 Å². The fraction of sp³-hybridized carbons (Fsp3) is 0.357. The summed E-state index contributed by atoms with van der Waals surface area (Å²) in [5.41, 5.74) is 0.856. The van der Waals surface area contributed by atoms with Crippen molar-refractivity contribution in [3.63, 3.8) is 0 Å². The van der Waals surface area contributed by atoms with E-state index in [0.717, 1.165) is 11.3 Å². The lowest BCUT2D eigenvalue weighted by Crippen LogP contribution is -2.27. The van der Waals surface area contributed by atoms with Gasteiger partial charge in [0, 0.05) is 6.04 Å². The molecule has 1 aromatic heterocycles. The molecule has 2 rings (SSSR count). The first-order chi connectivity index (χ1) is 9.88. The minimum Gasteiger partial charge on any atom is -0.491 e. The van der Waals surface area contributed by atoms with Crippen LogP contribution in [0.5, 0.6) is 5.75 Å². The average molecular weight is 309 g/mol. The lowest BCUT2D eigenvalue weighted by molar-refractivity contribution is 0.242. The monoisotopic (exact) mass is 309 g/mol. The summed E-state index contributed by atoms with van der Waals surface area (Å²) in [4.78, 5) is 0. The average Bonchev–Trinajstić information content (AvgIpc) is 2.93. The number of nitrogens with one attached hydrogen (secondary N) is 2. The second-order valence-electron chi connectivity index (χ2n) is 5.00. The highest BCUT2D eigenvalue weighted by molar-refractivity contribution is 7.89. The molecular formula is C14H19N3O3S. The number of hydrogen-bond acceptors (Lipinski definition) is 4. The van der Waals surface area contributed by atoms with Crippen LogP contribution in [0.1, 0.15) is 32.4 Å². The summed E-state index contributed by atoms with van der Waals surface area (Å²) in [6, 6.07) is 8.41. The van der Waals surface area contributed by atoms with E-state index in [9.17, 15) is 8.42 Å². The van der Waals surface area contributed by atoms with Gasteiger partial charge in [0.2, 0.25) is 0 Å². The quantitative estimate of drug-likeness (QED) is 0.857. The SMILES string of the molecule is CC(C)Oc1ccc(C(C)NS(=O)(=O)c2ccn[nH]2)cc1. The molecular weight excluding hydrogens is 290 g/mol. The van der Waals surface area contributed by atoms with Crippen molar-refractivity contribution in [3.8, 4) is 5.75 Å². The number of sulfonamides is 1. The van der Waals surface area contributed by atoms with Gasteiger partial charge in [-0.3, -0.25) is 5.10 Å². The lowest BCUT2D eigenvalue weighted by Gasteiger charge is -2.15. The maximum absolute atomic E-state index is 12.1. The smallest absolute Gasteiger partial charge is 0.258 e. The Morgan fingerprint density at radius 2 is 1.81 bits per heavy atom. The van der Waals surface area contributed by atoms with Gasteiger partial charge < -0.3 is 4.74 Å². The summed E-state index contributed by atoms with van der Waals surface area (Å²) in [5, 5.41) is 6.14. The van der Waals surface area contributed by atoms with E-state index in [2.05, 4.69) is 14.9 Å². The minimum absolute atomic E-state index is 0.0501. The van der Waals surface area contributed by atoms with Gasteiger partial charge in [0.15, 0.2) is 5.03 Å². The number of ether oxygens (including phenoxy) is 1. The predicted octanol–water partition coefficient (Wildman–Crippen LogP) is 2.24. The van der Waals surface area contributed by atoms with E-state index in [-0.39, 0.29) is 17.2 Å². The molecule has 2 N–H and O–H groups in total. The molecule has 1 atom stereocenters. The maximum Gasteiger partial charge on any atom is 0.258 e. The number of benzene rings is 1. The molecule has 1 aromatic carbocycles. The molecule has 2 aromatic rings. The fourth-order valence-corrected chi connectivity index (χ4v) is 3.01. The van der Waals surface area contributed by atoms with E-state index in [1.54, 1.807) is 6.92 Å². The van der Waals surface area contributed by atoms with E-state index in [4.69, 9.17) is 4.74 Å². The van der Waals surface area contributed by atoms with E-state index in [1.807, 2.05) is 38.1 Å². The van der Waals surface area contributed by atoms with Gasteiger partial charge >= 0.3 is 0 Å². The molecule has 0 aliphatic carbocycles. The number of H-pyrrole nitrogens is 1. The van der Waals surface area contributed by atoms with Crippen LogP contribution in [0.15, 0.2) is 41.6 Å². The van der Waals surface area contributed by atoms with Gasteiger partial charge in [-0.15, -0.1) is 0 Å². The number of aromatic nitrogens is 2. The molecule has 0 saturated heterocycles. The molecule has 0 amide bonds. The standard InChI is InChI=1S/C14H19N3O3S/c1-10(2)20-13-6-4-12(5-7-13)11(3)17-21(18,19)14-8-9-15-16-14/h4-11,17H,1-3H3,(H,15,16). The van der Waals surface area contributed by atoms with Crippen LogP contribution in [0.4, 0.5) is 0 Å². The Hall–Kier alpha value is -1.86. The third-order valence-corrected chi connectivity index (χ3v) is 4.32. The normalized spacial score (nSPS) is 13.3. The molecule has 0 saturated carbocycles. The Morgan fingerprint density at radius 1 is 1.14 bits per heavy atom. The Balaban J connectivity index is 2.08. The van der Waals surface area contributed by atoms with Crippen LogP contribution in [-0.2, 0) is 10.0 Å². The molecule has 7 heteroatoms. The van der Waals surface area contributed by atoms with Gasteiger partial charge in [0.05, 0.1) is 12.3 Å². The molecule has 0 fully saturated rings. The molecule has 1 heterocycles. The first-order valence-electron chi connectivity index (χ1n) is 6.67. The highest BCUT2D eigenvalue weighted by Crippen LogP contribution is 2.20. The molecule has 1 unspecified atom stereocenters. The lowest BCUT2D eigenvalue weighted by atomic mass is 10.1. The molecule has 0 aliphatic rings. The number of hydrogen-bond donors (Lipinski definition) is 2. The van der Waals surface area contributed by atoms with Crippen molar-refractivity contribution in [2.24, 2.45) is 0 Å². The number of aromatic amines is 1. The second kappa shape index (κ2) is 6.28. The molecule has 6 nitrogen and oxygen atoms in total. The Kier molecular flexibility index (Phi) is 4.64. The Morgan fingerprint density at radius 3 is 2.33 bits per heavy atom. The topological polar surface area (TPSA) is 84.1 Å². The highest BCUT2D eigenvalue weighted by Gasteiger charge is 2.19. The van der Waals surface area contributed by atoms with Crippen molar-refractivity contribution in [2.75, 3.05) is 0 Å². The Bertz CT molecular complexity index is 664. The zero-order valence-corrected chi connectivity index (χ0v) is 13.0. The van der Waals surface area contributed by atoms with Gasteiger partial charge in [-0.2, -0.15) is 5.10 Å². The van der Waals surface area contributed by atoms with Crippen molar-refractivity contribution >= 4 is 10.0 Å². The van der Waals surface area contributed by atoms with Gasteiger partial charge in [-0.1, -0.05) is 12.1 Å². The Labute approximate surface area is 124 Å². The van der Waals surface area contributed by atoms with Crippen LogP contribution >= 0.6 is 0 Å². The van der Waals surface area contributed by atoms with Crippen molar-refractivity contribution in [1.82, 2.24) is 14.9 Å². The van der Waals surface area contributed by atoms with Gasteiger partial charge in [-0.05, 0) is 44.5 Å². The highest BCUT2D eigenvalue weighted by atomic mass is 32.2. The van der Waals surface area contributed by atoms with E-state index in [0.29, 0.717) is 0 Å². The van der Waals surface area contributed by atoms with Crippen LogP contribution in [0.2, 0.25) is 0 Å². The number of rotatable bonds is 6. The molecule has 0 radical (unpaired) electrons. The summed E-state index contributed by atoms with van der Waals surface area (Å²) >= 11 is 0. The summed E-state index contributed by atoms with van der Waals surface area (Å²) in [6.45, 7) is 5.69. The fourth-order valence-electron chi connectivity index (χ4n) is 1.86. The zero-order valence-electron chi connectivity index (χ0n) is 12.2. The van der Waals surface area contributed by atoms with Crippen molar-refractivity contribution < 1.29 is 13.2 Å². The van der Waals surface area contributed by atoms with E-state index >= 15 is 0 Å². The van der Waals surface area contributed by atoms with Crippen LogP contribution in [0.25, 0.3) is 0 Å². The van der Waals surface area contributed by atoms with Crippen molar-refractivity contribution in [2.45, 2.75) is 37.9 Å². The molecule has 0 spiro atoms. The van der Waals surface area contributed by atoms with Crippen molar-refractivity contribution in [3.05, 3.63) is 42.1 Å². The van der Waals surface area contributed by atoms with Crippen LogP contribution in [-0.4, -0.2) is 24.7 Å². The van der Waals surface area contributed by atoms with Gasteiger partial charge in [0.25, 0.3) is 10.0 Å².